The van der Waals surface area contributed by atoms with Crippen molar-refractivity contribution in [2.45, 2.75) is 6.42 Å². The Balaban J connectivity index is 1.73. The van der Waals surface area contributed by atoms with Crippen LogP contribution in [0.3, 0.4) is 0 Å². The Morgan fingerprint density at radius 2 is 1.54 bits per heavy atom. The van der Waals surface area contributed by atoms with Crippen LogP contribution in [0.1, 0.15) is 11.1 Å². The maximum atomic E-state index is 15.0. The van der Waals surface area contributed by atoms with E-state index in [-0.39, 0.29) is 17.7 Å². The highest BCUT2D eigenvalue weighted by Crippen LogP contribution is 2.33. The summed E-state index contributed by atoms with van der Waals surface area (Å²) in [5, 5.41) is 0. The van der Waals surface area contributed by atoms with Gasteiger partial charge in [0.2, 0.25) is 0 Å². The maximum Gasteiger partial charge on any atom is 0.140 e. The van der Waals surface area contributed by atoms with Gasteiger partial charge in [0, 0.05) is 24.4 Å². The first-order chi connectivity index (χ1) is 12.7. The van der Waals surface area contributed by atoms with Gasteiger partial charge in [-0.05, 0) is 29.3 Å². The topological polar surface area (TPSA) is 38.9 Å². The summed E-state index contributed by atoms with van der Waals surface area (Å²) >= 11 is 0. The molecule has 3 nitrogen and oxygen atoms in total. The maximum absolute atomic E-state index is 15.0. The lowest BCUT2D eigenvalue weighted by Crippen LogP contribution is -1.98. The third-order valence-electron chi connectivity index (χ3n) is 4.09. The van der Waals surface area contributed by atoms with Gasteiger partial charge in [-0.3, -0.25) is 0 Å². The molecule has 0 bridgehead atoms. The van der Waals surface area contributed by atoms with Gasteiger partial charge in [-0.2, -0.15) is 0 Å². The number of rotatable bonds is 4. The number of nitrogens with zero attached hydrogens (tertiary/aromatic N) is 2. The van der Waals surface area contributed by atoms with Crippen molar-refractivity contribution in [2.75, 3.05) is 0 Å². The molecule has 0 saturated carbocycles. The Morgan fingerprint density at radius 1 is 0.808 bits per heavy atom. The lowest BCUT2D eigenvalue weighted by molar-refractivity contribution is 0.550. The summed E-state index contributed by atoms with van der Waals surface area (Å²) < 4.78 is 35.0. The summed E-state index contributed by atoms with van der Waals surface area (Å²) in [7, 11) is 0. The van der Waals surface area contributed by atoms with E-state index in [1.54, 1.807) is 24.5 Å². The van der Waals surface area contributed by atoms with Crippen molar-refractivity contribution in [1.29, 1.82) is 0 Å². The molecule has 0 aliphatic heterocycles. The van der Waals surface area contributed by atoms with Gasteiger partial charge in [-0.15, -0.1) is 0 Å². The van der Waals surface area contributed by atoms with Gasteiger partial charge in [-0.1, -0.05) is 36.4 Å². The molecule has 0 N–H and O–H groups in total. The number of benzene rings is 2. The molecule has 5 heteroatoms. The molecule has 0 amide bonds. The summed E-state index contributed by atoms with van der Waals surface area (Å²) in [6, 6.07) is 15.4. The van der Waals surface area contributed by atoms with Gasteiger partial charge < -0.3 is 4.42 Å². The second-order valence-electron chi connectivity index (χ2n) is 5.85. The Kier molecular flexibility index (Phi) is 4.27. The van der Waals surface area contributed by atoms with Crippen molar-refractivity contribution < 1.29 is 13.2 Å². The van der Waals surface area contributed by atoms with Crippen molar-refractivity contribution in [1.82, 2.24) is 9.97 Å². The van der Waals surface area contributed by atoms with Gasteiger partial charge in [0.1, 0.15) is 29.5 Å². The summed E-state index contributed by atoms with van der Waals surface area (Å²) in [4.78, 5) is 7.84. The van der Waals surface area contributed by atoms with Crippen LogP contribution in [-0.4, -0.2) is 9.97 Å². The summed E-state index contributed by atoms with van der Waals surface area (Å²) in [6.45, 7) is 0. The summed E-state index contributed by atoms with van der Waals surface area (Å²) in [5.41, 5.74) is 1.78. The number of halogens is 2. The van der Waals surface area contributed by atoms with E-state index < -0.39 is 11.6 Å². The summed E-state index contributed by atoms with van der Waals surface area (Å²) in [6.07, 6.45) is 4.89. The zero-order valence-corrected chi connectivity index (χ0v) is 13.7. The minimum atomic E-state index is -0.662. The van der Waals surface area contributed by atoms with Crippen molar-refractivity contribution in [3.63, 3.8) is 0 Å². The molecular formula is C21H14F2N2O. The molecule has 0 atom stereocenters. The van der Waals surface area contributed by atoms with Crippen molar-refractivity contribution >= 4 is 0 Å². The molecule has 0 unspecified atom stereocenters. The Hall–Kier alpha value is -3.34. The lowest BCUT2D eigenvalue weighted by Gasteiger charge is -2.08. The first-order valence-corrected chi connectivity index (χ1v) is 8.09. The van der Waals surface area contributed by atoms with E-state index in [1.165, 1.54) is 18.5 Å². The van der Waals surface area contributed by atoms with Gasteiger partial charge in [-0.25, -0.2) is 18.7 Å². The second kappa shape index (κ2) is 6.88. The monoisotopic (exact) mass is 348 g/mol. The van der Waals surface area contributed by atoms with E-state index in [2.05, 4.69) is 9.97 Å². The van der Waals surface area contributed by atoms with Crippen LogP contribution < -0.4 is 0 Å². The molecule has 4 aromatic rings. The zero-order valence-electron chi connectivity index (χ0n) is 13.7. The molecule has 2 aromatic carbocycles. The highest BCUT2D eigenvalue weighted by atomic mass is 19.1. The minimum Gasteiger partial charge on any atom is -0.456 e. The van der Waals surface area contributed by atoms with Gasteiger partial charge in [0.05, 0.1) is 5.56 Å². The fraction of sp³-hybridized carbons (Fsp3) is 0.0476. The largest absolute Gasteiger partial charge is 0.456 e. The molecule has 0 fully saturated rings. The predicted molar refractivity (Wildman–Crippen MR) is 94.3 cm³/mol. The SMILES string of the molecule is Fc1ccc(Cc2cncnc2)c(F)c1-c1ccc(-c2ccccc2)o1. The van der Waals surface area contributed by atoms with Gasteiger partial charge in [0.25, 0.3) is 0 Å². The fourth-order valence-corrected chi connectivity index (χ4v) is 2.83. The third-order valence-corrected chi connectivity index (χ3v) is 4.09. The molecule has 2 aromatic heterocycles. The van der Waals surface area contributed by atoms with E-state index >= 15 is 0 Å². The molecular weight excluding hydrogens is 334 g/mol. The Morgan fingerprint density at radius 3 is 2.31 bits per heavy atom. The fourth-order valence-electron chi connectivity index (χ4n) is 2.83. The standard InChI is InChI=1S/C21H14F2N2O/c22-17-7-6-16(10-14-11-24-13-25-12-14)21(23)20(17)19-9-8-18(26-19)15-4-2-1-3-5-15/h1-9,11-13H,10H2. The molecule has 4 rings (SSSR count). The molecule has 128 valence electrons. The van der Waals surface area contributed by atoms with Crippen LogP contribution in [0.4, 0.5) is 8.78 Å². The summed E-state index contributed by atoms with van der Waals surface area (Å²) in [5.74, 6) is -0.585. The van der Waals surface area contributed by atoms with E-state index in [0.717, 1.165) is 11.1 Å². The molecule has 0 aliphatic carbocycles. The highest BCUT2D eigenvalue weighted by Gasteiger charge is 2.19. The zero-order chi connectivity index (χ0) is 17.9. The second-order valence-corrected chi connectivity index (χ2v) is 5.85. The highest BCUT2D eigenvalue weighted by molar-refractivity contribution is 5.66. The van der Waals surface area contributed by atoms with Crippen LogP contribution in [0.5, 0.6) is 0 Å². The van der Waals surface area contributed by atoms with Crippen molar-refractivity contribution in [2.24, 2.45) is 0 Å². The minimum absolute atomic E-state index is 0.157. The van der Waals surface area contributed by atoms with Crippen LogP contribution in [0.15, 0.2) is 77.7 Å². The van der Waals surface area contributed by atoms with Crippen molar-refractivity contribution in [3.05, 3.63) is 96.1 Å². The number of hydrogen-bond acceptors (Lipinski definition) is 3. The average molecular weight is 348 g/mol. The van der Waals surface area contributed by atoms with Crippen LogP contribution in [0, 0.1) is 11.6 Å². The molecule has 2 heterocycles. The predicted octanol–water partition coefficient (Wildman–Crippen LogP) is 5.27. The van der Waals surface area contributed by atoms with Crippen molar-refractivity contribution in [3.8, 4) is 22.6 Å². The van der Waals surface area contributed by atoms with Crippen LogP contribution in [0.25, 0.3) is 22.6 Å². The first-order valence-electron chi connectivity index (χ1n) is 8.09. The van der Waals surface area contributed by atoms with Crippen LogP contribution in [-0.2, 0) is 6.42 Å². The Bertz CT molecular complexity index is 1030. The molecule has 0 spiro atoms. The number of furan rings is 1. The normalized spacial score (nSPS) is 10.8. The first kappa shape index (κ1) is 16.1. The number of aromatic nitrogens is 2. The smallest absolute Gasteiger partial charge is 0.140 e. The Labute approximate surface area is 149 Å². The number of hydrogen-bond donors (Lipinski definition) is 0. The lowest BCUT2D eigenvalue weighted by atomic mass is 10.0. The average Bonchev–Trinajstić information content (AvgIpc) is 3.15. The van der Waals surface area contributed by atoms with Gasteiger partial charge in [0.15, 0.2) is 0 Å². The van der Waals surface area contributed by atoms with E-state index in [9.17, 15) is 8.78 Å². The van der Waals surface area contributed by atoms with E-state index in [0.29, 0.717) is 11.3 Å². The molecule has 26 heavy (non-hydrogen) atoms. The van der Waals surface area contributed by atoms with E-state index in [1.807, 2.05) is 30.3 Å². The van der Waals surface area contributed by atoms with Crippen LogP contribution in [0.2, 0.25) is 0 Å². The van der Waals surface area contributed by atoms with Crippen LogP contribution >= 0.6 is 0 Å². The molecule has 0 aliphatic rings. The van der Waals surface area contributed by atoms with Gasteiger partial charge >= 0.3 is 0 Å². The molecule has 0 radical (unpaired) electrons. The van der Waals surface area contributed by atoms with E-state index in [4.69, 9.17) is 4.42 Å². The quantitative estimate of drug-likeness (QED) is 0.504. The third kappa shape index (κ3) is 3.11. The molecule has 0 saturated heterocycles.